The van der Waals surface area contributed by atoms with Crippen molar-refractivity contribution in [2.24, 2.45) is 0 Å². The summed E-state index contributed by atoms with van der Waals surface area (Å²) in [4.78, 5) is 23.6. The third-order valence-corrected chi connectivity index (χ3v) is 7.10. The molecule has 0 aliphatic carbocycles. The van der Waals surface area contributed by atoms with E-state index in [-0.39, 0.29) is 22.7 Å². The highest BCUT2D eigenvalue weighted by Crippen LogP contribution is 2.27. The molecule has 12 heteroatoms. The Morgan fingerprint density at radius 3 is 2.16 bits per heavy atom. The first-order valence-corrected chi connectivity index (χ1v) is 13.3. The van der Waals surface area contributed by atoms with E-state index in [0.717, 1.165) is 22.9 Å². The number of amides is 1. The van der Waals surface area contributed by atoms with Crippen LogP contribution in [0.5, 0.6) is 0 Å². The second-order valence-electron chi connectivity index (χ2n) is 7.33. The number of carbonyl (C=O) groups is 1. The number of nitrogens with zero attached hydrogens (tertiary/aromatic N) is 2. The SMILES string of the molecule is CC[C@@H](C(=O)N[C@H](C)c1ccc(S(C)(=O)=O)cc1)N(c1cccc([N+](=O)[O-])c1)S(C)(=O)=O. The molecule has 0 aliphatic heterocycles. The molecular weight excluding hydrogens is 458 g/mol. The molecule has 0 heterocycles. The number of non-ortho nitro benzene ring substituents is 1. The number of nitro benzene ring substituents is 1. The maximum Gasteiger partial charge on any atom is 0.271 e. The van der Waals surface area contributed by atoms with Gasteiger partial charge < -0.3 is 5.32 Å². The lowest BCUT2D eigenvalue weighted by Gasteiger charge is -2.31. The standard InChI is InChI=1S/C20H25N3O7S2/c1-5-19(22(32(4,29)30)16-7-6-8-17(13-16)23(25)26)20(24)21-14(2)15-9-11-18(12-10-15)31(3,27)28/h6-14,19H,5H2,1-4H3,(H,21,24)/t14-,19+/m1/s1. The van der Waals surface area contributed by atoms with Crippen LogP contribution in [0, 0.1) is 10.1 Å². The Labute approximate surface area is 187 Å². The van der Waals surface area contributed by atoms with Gasteiger partial charge in [-0.2, -0.15) is 0 Å². The number of anilines is 1. The summed E-state index contributed by atoms with van der Waals surface area (Å²) in [6, 6.07) is 9.36. The number of hydrogen-bond acceptors (Lipinski definition) is 7. The molecule has 0 radical (unpaired) electrons. The van der Waals surface area contributed by atoms with Crippen LogP contribution in [0.3, 0.4) is 0 Å². The van der Waals surface area contributed by atoms with Crippen LogP contribution in [0.25, 0.3) is 0 Å². The second kappa shape index (κ2) is 9.65. The Bertz CT molecular complexity index is 1210. The predicted molar refractivity (Wildman–Crippen MR) is 121 cm³/mol. The summed E-state index contributed by atoms with van der Waals surface area (Å²) < 4.78 is 49.1. The minimum atomic E-state index is -3.96. The molecule has 2 aromatic carbocycles. The van der Waals surface area contributed by atoms with E-state index < -0.39 is 42.8 Å². The molecule has 0 unspecified atom stereocenters. The summed E-state index contributed by atoms with van der Waals surface area (Å²) in [6.45, 7) is 3.31. The Kier molecular flexibility index (Phi) is 7.62. The van der Waals surface area contributed by atoms with Crippen molar-refractivity contribution in [1.29, 1.82) is 0 Å². The van der Waals surface area contributed by atoms with Crippen molar-refractivity contribution in [2.45, 2.75) is 37.2 Å². The molecule has 2 rings (SSSR count). The zero-order chi connectivity index (χ0) is 24.3. The molecule has 0 saturated carbocycles. The van der Waals surface area contributed by atoms with Crippen molar-refractivity contribution >= 4 is 37.1 Å². The first kappa shape index (κ1) is 25.3. The lowest BCUT2D eigenvalue weighted by Crippen LogP contribution is -2.49. The van der Waals surface area contributed by atoms with Crippen LogP contribution in [0.15, 0.2) is 53.4 Å². The molecule has 0 fully saturated rings. The van der Waals surface area contributed by atoms with Gasteiger partial charge in [-0.25, -0.2) is 16.8 Å². The number of carbonyl (C=O) groups excluding carboxylic acids is 1. The van der Waals surface area contributed by atoms with Crippen molar-refractivity contribution in [3.8, 4) is 0 Å². The molecule has 10 nitrogen and oxygen atoms in total. The monoisotopic (exact) mass is 483 g/mol. The van der Waals surface area contributed by atoms with Crippen LogP contribution in [-0.4, -0.2) is 46.2 Å². The first-order valence-electron chi connectivity index (χ1n) is 9.60. The first-order chi connectivity index (χ1) is 14.8. The van der Waals surface area contributed by atoms with Gasteiger partial charge in [0.05, 0.1) is 27.8 Å². The van der Waals surface area contributed by atoms with Gasteiger partial charge in [0.25, 0.3) is 5.69 Å². The van der Waals surface area contributed by atoms with Crippen molar-refractivity contribution in [1.82, 2.24) is 5.32 Å². The minimum absolute atomic E-state index is 0.00820. The van der Waals surface area contributed by atoms with Crippen LogP contribution < -0.4 is 9.62 Å². The van der Waals surface area contributed by atoms with Crippen LogP contribution in [0.2, 0.25) is 0 Å². The van der Waals surface area contributed by atoms with E-state index >= 15 is 0 Å². The Morgan fingerprint density at radius 1 is 1.09 bits per heavy atom. The summed E-state index contributed by atoms with van der Waals surface area (Å²) in [7, 11) is -7.32. The van der Waals surface area contributed by atoms with E-state index in [1.165, 1.54) is 30.3 Å². The van der Waals surface area contributed by atoms with Gasteiger partial charge in [-0.3, -0.25) is 19.2 Å². The maximum absolute atomic E-state index is 13.0. The predicted octanol–water partition coefficient (Wildman–Crippen LogP) is 2.42. The quantitative estimate of drug-likeness (QED) is 0.426. The number of nitrogens with one attached hydrogen (secondary N) is 1. The van der Waals surface area contributed by atoms with Gasteiger partial charge in [-0.1, -0.05) is 25.1 Å². The molecule has 174 valence electrons. The molecule has 1 amide bonds. The number of nitro groups is 1. The van der Waals surface area contributed by atoms with E-state index in [2.05, 4.69) is 5.32 Å². The van der Waals surface area contributed by atoms with Crippen LogP contribution in [-0.2, 0) is 24.7 Å². The zero-order valence-corrected chi connectivity index (χ0v) is 19.7. The molecule has 2 aromatic rings. The lowest BCUT2D eigenvalue weighted by molar-refractivity contribution is -0.384. The fourth-order valence-corrected chi connectivity index (χ4v) is 5.03. The lowest BCUT2D eigenvalue weighted by atomic mass is 10.1. The van der Waals surface area contributed by atoms with Gasteiger partial charge in [0, 0.05) is 18.4 Å². The third-order valence-electron chi connectivity index (χ3n) is 4.79. The molecule has 1 N–H and O–H groups in total. The van der Waals surface area contributed by atoms with Gasteiger partial charge in [-0.15, -0.1) is 0 Å². The molecule has 0 aliphatic rings. The molecule has 0 aromatic heterocycles. The van der Waals surface area contributed by atoms with E-state index in [1.54, 1.807) is 26.0 Å². The Hall–Kier alpha value is -2.99. The molecule has 0 saturated heterocycles. The normalized spacial score (nSPS) is 13.8. The van der Waals surface area contributed by atoms with Gasteiger partial charge >= 0.3 is 0 Å². The van der Waals surface area contributed by atoms with E-state index in [0.29, 0.717) is 5.56 Å². The van der Waals surface area contributed by atoms with Crippen molar-refractivity contribution in [3.05, 3.63) is 64.2 Å². The van der Waals surface area contributed by atoms with Crippen molar-refractivity contribution < 1.29 is 26.6 Å². The summed E-state index contributed by atoms with van der Waals surface area (Å²) in [5.41, 5.74) is 0.335. The second-order valence-corrected chi connectivity index (χ2v) is 11.2. The van der Waals surface area contributed by atoms with Crippen LogP contribution >= 0.6 is 0 Å². The van der Waals surface area contributed by atoms with Crippen molar-refractivity contribution in [3.63, 3.8) is 0 Å². The molecule has 2 atom stereocenters. The summed E-state index contributed by atoms with van der Waals surface area (Å²) in [5.74, 6) is -0.593. The average molecular weight is 484 g/mol. The molecule has 0 spiro atoms. The largest absolute Gasteiger partial charge is 0.348 e. The number of rotatable bonds is 9. The fraction of sp³-hybridized carbons (Fsp3) is 0.350. The summed E-state index contributed by atoms with van der Waals surface area (Å²) in [5, 5.41) is 13.8. The smallest absolute Gasteiger partial charge is 0.271 e. The zero-order valence-electron chi connectivity index (χ0n) is 18.0. The van der Waals surface area contributed by atoms with Gasteiger partial charge in [0.2, 0.25) is 15.9 Å². The van der Waals surface area contributed by atoms with Crippen molar-refractivity contribution in [2.75, 3.05) is 16.8 Å². The Balaban J connectivity index is 2.34. The number of sulfone groups is 1. The van der Waals surface area contributed by atoms with Gasteiger partial charge in [-0.05, 0) is 37.1 Å². The van der Waals surface area contributed by atoms with Crippen LogP contribution in [0.1, 0.15) is 31.9 Å². The summed E-state index contributed by atoms with van der Waals surface area (Å²) in [6.07, 6.45) is 2.13. The average Bonchev–Trinajstić information content (AvgIpc) is 2.70. The van der Waals surface area contributed by atoms with E-state index in [4.69, 9.17) is 0 Å². The highest BCUT2D eigenvalue weighted by molar-refractivity contribution is 7.92. The van der Waals surface area contributed by atoms with Gasteiger partial charge in [0.15, 0.2) is 9.84 Å². The van der Waals surface area contributed by atoms with E-state index in [1.807, 2.05) is 0 Å². The van der Waals surface area contributed by atoms with Gasteiger partial charge in [0.1, 0.15) is 6.04 Å². The number of sulfonamides is 1. The highest BCUT2D eigenvalue weighted by atomic mass is 32.2. The number of hydrogen-bond donors (Lipinski definition) is 1. The minimum Gasteiger partial charge on any atom is -0.348 e. The topological polar surface area (TPSA) is 144 Å². The summed E-state index contributed by atoms with van der Waals surface area (Å²) >= 11 is 0. The van der Waals surface area contributed by atoms with E-state index in [9.17, 15) is 31.7 Å². The molecular formula is C20H25N3O7S2. The Morgan fingerprint density at radius 2 is 1.69 bits per heavy atom. The fourth-order valence-electron chi connectivity index (χ4n) is 3.20. The molecule has 0 bridgehead atoms. The third kappa shape index (κ3) is 6.04. The highest BCUT2D eigenvalue weighted by Gasteiger charge is 2.33. The van der Waals surface area contributed by atoms with Crippen LogP contribution in [0.4, 0.5) is 11.4 Å². The maximum atomic E-state index is 13.0. The molecule has 32 heavy (non-hydrogen) atoms. The number of benzene rings is 2.